The second-order valence-corrected chi connectivity index (χ2v) is 12.2. The number of ketones is 1. The molecule has 0 aromatic heterocycles. The Balaban J connectivity index is 1.68. The van der Waals surface area contributed by atoms with E-state index in [0.29, 0.717) is 21.7 Å². The predicted molar refractivity (Wildman–Crippen MR) is 159 cm³/mol. The van der Waals surface area contributed by atoms with Gasteiger partial charge >= 0.3 is 0 Å². The molecule has 0 bridgehead atoms. The number of rotatable bonds is 9. The van der Waals surface area contributed by atoms with E-state index < -0.39 is 22.5 Å². The summed E-state index contributed by atoms with van der Waals surface area (Å²) in [6.45, 7) is 6.92. The molecule has 4 aromatic carbocycles. The van der Waals surface area contributed by atoms with Crippen LogP contribution in [0.2, 0.25) is 5.02 Å². The van der Waals surface area contributed by atoms with Gasteiger partial charge in [0.2, 0.25) is 15.9 Å². The van der Waals surface area contributed by atoms with Gasteiger partial charge in [0, 0.05) is 22.7 Å². The minimum Gasteiger partial charge on any atom is -0.324 e. The Kier molecular flexibility index (Phi) is 8.88. The fourth-order valence-electron chi connectivity index (χ4n) is 4.73. The minimum atomic E-state index is -4.07. The highest BCUT2D eigenvalue weighted by Crippen LogP contribution is 2.28. The van der Waals surface area contributed by atoms with Crippen molar-refractivity contribution in [2.75, 3.05) is 11.9 Å². The first-order valence-corrected chi connectivity index (χ1v) is 14.6. The van der Waals surface area contributed by atoms with Crippen molar-refractivity contribution in [1.29, 1.82) is 0 Å². The molecule has 0 unspecified atom stereocenters. The number of carbonyl (C=O) groups is 2. The molecule has 4 rings (SSSR count). The summed E-state index contributed by atoms with van der Waals surface area (Å²) in [7, 11) is -4.07. The number of hydrogen-bond donors (Lipinski definition) is 1. The van der Waals surface area contributed by atoms with Crippen LogP contribution in [0.1, 0.15) is 43.7 Å². The van der Waals surface area contributed by atoms with E-state index in [1.54, 1.807) is 56.3 Å². The van der Waals surface area contributed by atoms with E-state index in [9.17, 15) is 18.0 Å². The van der Waals surface area contributed by atoms with Gasteiger partial charge in [0.15, 0.2) is 5.78 Å². The standard InChI is InChI=1S/C32H31ClN2O4S/c1-21-10-12-25(13-11-21)19-35(40(38,39)32-23(3)16-22(2)17-24(32)4)20-30(36)34-29-15-14-27(33)18-28(29)31(37)26-8-6-5-7-9-26/h5-18H,19-20H2,1-4H3,(H,34,36). The predicted octanol–water partition coefficient (Wildman–Crippen LogP) is 6.63. The molecule has 40 heavy (non-hydrogen) atoms. The summed E-state index contributed by atoms with van der Waals surface area (Å²) in [5.41, 5.74) is 4.86. The average molecular weight is 575 g/mol. The van der Waals surface area contributed by atoms with E-state index in [4.69, 9.17) is 11.6 Å². The first kappa shape index (κ1) is 29.2. The van der Waals surface area contributed by atoms with E-state index >= 15 is 0 Å². The summed E-state index contributed by atoms with van der Waals surface area (Å²) < 4.78 is 29.2. The van der Waals surface area contributed by atoms with Crippen LogP contribution in [-0.4, -0.2) is 31.0 Å². The Labute approximate surface area is 240 Å². The van der Waals surface area contributed by atoms with Crippen LogP contribution in [0.3, 0.4) is 0 Å². The van der Waals surface area contributed by atoms with Crippen molar-refractivity contribution in [1.82, 2.24) is 4.31 Å². The molecule has 1 N–H and O–H groups in total. The van der Waals surface area contributed by atoms with Crippen molar-refractivity contribution in [3.8, 4) is 0 Å². The Bertz CT molecular complexity index is 1640. The summed E-state index contributed by atoms with van der Waals surface area (Å²) in [6, 6.07) is 24.4. The van der Waals surface area contributed by atoms with Gasteiger partial charge in [-0.25, -0.2) is 8.42 Å². The molecular weight excluding hydrogens is 544 g/mol. The molecule has 4 aromatic rings. The van der Waals surface area contributed by atoms with Gasteiger partial charge in [-0.15, -0.1) is 0 Å². The molecule has 206 valence electrons. The Morgan fingerprint density at radius 3 is 2.05 bits per heavy atom. The molecule has 0 saturated carbocycles. The monoisotopic (exact) mass is 574 g/mol. The zero-order chi connectivity index (χ0) is 29.0. The molecule has 0 spiro atoms. The smallest absolute Gasteiger partial charge is 0.244 e. The van der Waals surface area contributed by atoms with Crippen LogP contribution < -0.4 is 5.32 Å². The summed E-state index contributed by atoms with van der Waals surface area (Å²) in [5, 5.41) is 3.09. The summed E-state index contributed by atoms with van der Waals surface area (Å²) in [5.74, 6) is -0.893. The number of aryl methyl sites for hydroxylation is 4. The Morgan fingerprint density at radius 1 is 0.800 bits per heavy atom. The fourth-order valence-corrected chi connectivity index (χ4v) is 6.70. The van der Waals surface area contributed by atoms with E-state index in [-0.39, 0.29) is 28.5 Å². The number of anilines is 1. The molecule has 1 amide bonds. The molecule has 0 heterocycles. The third kappa shape index (κ3) is 6.67. The van der Waals surface area contributed by atoms with Crippen LogP contribution in [0.15, 0.2) is 89.8 Å². The number of hydrogen-bond acceptors (Lipinski definition) is 4. The highest BCUT2D eigenvalue weighted by Gasteiger charge is 2.30. The number of amides is 1. The van der Waals surface area contributed by atoms with E-state index in [1.165, 1.54) is 10.4 Å². The van der Waals surface area contributed by atoms with Gasteiger partial charge in [-0.2, -0.15) is 4.31 Å². The van der Waals surface area contributed by atoms with Crippen molar-refractivity contribution in [3.63, 3.8) is 0 Å². The average Bonchev–Trinajstić information content (AvgIpc) is 2.90. The normalized spacial score (nSPS) is 11.4. The molecule has 0 aliphatic heterocycles. The number of halogens is 1. The maximum absolute atomic E-state index is 14.0. The third-order valence-corrected chi connectivity index (χ3v) is 8.87. The summed E-state index contributed by atoms with van der Waals surface area (Å²) in [4.78, 5) is 26.8. The molecule has 0 atom stereocenters. The van der Waals surface area contributed by atoms with Crippen molar-refractivity contribution < 1.29 is 18.0 Å². The lowest BCUT2D eigenvalue weighted by Gasteiger charge is -2.24. The first-order chi connectivity index (χ1) is 19.0. The SMILES string of the molecule is Cc1ccc(CN(CC(=O)Nc2ccc(Cl)cc2C(=O)c2ccccc2)S(=O)(=O)c2c(C)cc(C)cc2C)cc1. The van der Waals surface area contributed by atoms with E-state index in [1.807, 2.05) is 50.2 Å². The second-order valence-electron chi connectivity index (χ2n) is 9.92. The van der Waals surface area contributed by atoms with Crippen LogP contribution >= 0.6 is 11.6 Å². The summed E-state index contributed by atoms with van der Waals surface area (Å²) in [6.07, 6.45) is 0. The lowest BCUT2D eigenvalue weighted by atomic mass is 10.0. The van der Waals surface area contributed by atoms with Crippen LogP contribution in [-0.2, 0) is 21.4 Å². The van der Waals surface area contributed by atoms with Gasteiger partial charge in [0.1, 0.15) is 0 Å². The lowest BCUT2D eigenvalue weighted by Crippen LogP contribution is -2.38. The quantitative estimate of drug-likeness (QED) is 0.227. The molecule has 0 fully saturated rings. The Morgan fingerprint density at radius 2 is 1.43 bits per heavy atom. The third-order valence-electron chi connectivity index (χ3n) is 6.54. The van der Waals surface area contributed by atoms with Crippen molar-refractivity contribution in [3.05, 3.63) is 129 Å². The largest absolute Gasteiger partial charge is 0.324 e. The molecule has 0 aliphatic carbocycles. The second kappa shape index (κ2) is 12.2. The zero-order valence-electron chi connectivity index (χ0n) is 22.9. The van der Waals surface area contributed by atoms with Gasteiger partial charge in [0.25, 0.3) is 0 Å². The van der Waals surface area contributed by atoms with Crippen molar-refractivity contribution in [2.45, 2.75) is 39.1 Å². The first-order valence-electron chi connectivity index (χ1n) is 12.8. The van der Waals surface area contributed by atoms with E-state index in [0.717, 1.165) is 16.7 Å². The number of benzene rings is 4. The molecule has 0 aliphatic rings. The topological polar surface area (TPSA) is 83.6 Å². The van der Waals surface area contributed by atoms with Crippen molar-refractivity contribution >= 4 is 39.0 Å². The van der Waals surface area contributed by atoms with Crippen LogP contribution in [0.5, 0.6) is 0 Å². The number of sulfonamides is 1. The molecule has 0 radical (unpaired) electrons. The Hall–Kier alpha value is -3.78. The van der Waals surface area contributed by atoms with Crippen LogP contribution in [0.4, 0.5) is 5.69 Å². The minimum absolute atomic E-state index is 0.000783. The molecule has 6 nitrogen and oxygen atoms in total. The number of nitrogens with zero attached hydrogens (tertiary/aromatic N) is 1. The highest BCUT2D eigenvalue weighted by molar-refractivity contribution is 7.89. The maximum atomic E-state index is 14.0. The van der Waals surface area contributed by atoms with Gasteiger partial charge in [-0.05, 0) is 62.6 Å². The van der Waals surface area contributed by atoms with Gasteiger partial charge < -0.3 is 5.32 Å². The van der Waals surface area contributed by atoms with Gasteiger partial charge in [-0.3, -0.25) is 9.59 Å². The maximum Gasteiger partial charge on any atom is 0.244 e. The molecule has 8 heteroatoms. The highest BCUT2D eigenvalue weighted by atomic mass is 35.5. The van der Waals surface area contributed by atoms with Crippen molar-refractivity contribution in [2.24, 2.45) is 0 Å². The summed E-state index contributed by atoms with van der Waals surface area (Å²) >= 11 is 6.19. The number of carbonyl (C=O) groups excluding carboxylic acids is 2. The molecular formula is C32H31ClN2O4S. The lowest BCUT2D eigenvalue weighted by molar-refractivity contribution is -0.116. The van der Waals surface area contributed by atoms with Crippen LogP contribution in [0, 0.1) is 27.7 Å². The van der Waals surface area contributed by atoms with E-state index in [2.05, 4.69) is 5.32 Å². The van der Waals surface area contributed by atoms with Gasteiger partial charge in [0.05, 0.1) is 17.1 Å². The van der Waals surface area contributed by atoms with Crippen LogP contribution in [0.25, 0.3) is 0 Å². The van der Waals surface area contributed by atoms with Gasteiger partial charge in [-0.1, -0.05) is 89.5 Å². The zero-order valence-corrected chi connectivity index (χ0v) is 24.4. The fraction of sp³-hybridized carbons (Fsp3) is 0.188. The number of nitrogens with one attached hydrogen (secondary N) is 1. The molecule has 0 saturated heterocycles.